The van der Waals surface area contributed by atoms with Crippen molar-refractivity contribution in [3.63, 3.8) is 0 Å². The van der Waals surface area contributed by atoms with Gasteiger partial charge in [0.1, 0.15) is 10.8 Å². The molecule has 0 saturated carbocycles. The number of imide groups is 1. The first-order valence-electron chi connectivity index (χ1n) is 9.20. The second-order valence-corrected chi connectivity index (χ2v) is 7.91. The predicted octanol–water partition coefficient (Wildman–Crippen LogP) is 2.97. The van der Waals surface area contributed by atoms with Gasteiger partial charge in [0.05, 0.1) is 17.7 Å². The van der Waals surface area contributed by atoms with E-state index < -0.39 is 0 Å². The standard InChI is InChI=1S/C21H18N4O4S/c1-12-7-8-16(13(2)9-12)29-11-17(26)22-21-24-23-18(30-21)10-25-19(27)14-5-3-4-6-15(14)20(25)28/h3-9H,10-11H2,1-2H3,(H,22,24,26). The van der Waals surface area contributed by atoms with E-state index in [9.17, 15) is 14.4 Å². The molecule has 0 saturated heterocycles. The number of nitrogens with zero attached hydrogens (tertiary/aromatic N) is 3. The molecule has 2 heterocycles. The van der Waals surface area contributed by atoms with Crippen LogP contribution in [0.1, 0.15) is 36.9 Å². The van der Waals surface area contributed by atoms with Crippen molar-refractivity contribution in [2.75, 3.05) is 11.9 Å². The molecule has 0 fully saturated rings. The van der Waals surface area contributed by atoms with Crippen molar-refractivity contribution in [2.24, 2.45) is 0 Å². The number of hydrogen-bond donors (Lipinski definition) is 1. The summed E-state index contributed by atoms with van der Waals surface area (Å²) < 4.78 is 5.55. The second kappa shape index (κ2) is 8.03. The van der Waals surface area contributed by atoms with E-state index in [1.807, 2.05) is 32.0 Å². The summed E-state index contributed by atoms with van der Waals surface area (Å²) in [4.78, 5) is 38.2. The van der Waals surface area contributed by atoms with Crippen LogP contribution in [0.4, 0.5) is 5.13 Å². The first kappa shape index (κ1) is 19.7. The Bertz CT molecular complexity index is 1120. The van der Waals surface area contributed by atoms with Gasteiger partial charge in [-0.05, 0) is 37.6 Å². The lowest BCUT2D eigenvalue weighted by Crippen LogP contribution is -2.29. The second-order valence-electron chi connectivity index (χ2n) is 6.85. The van der Waals surface area contributed by atoms with Gasteiger partial charge in [0, 0.05) is 0 Å². The molecule has 2 aromatic carbocycles. The zero-order chi connectivity index (χ0) is 21.3. The zero-order valence-corrected chi connectivity index (χ0v) is 17.2. The quantitative estimate of drug-likeness (QED) is 0.613. The summed E-state index contributed by atoms with van der Waals surface area (Å²) in [5.74, 6) is -0.464. The Hall–Kier alpha value is -3.59. The van der Waals surface area contributed by atoms with E-state index in [0.29, 0.717) is 21.9 Å². The van der Waals surface area contributed by atoms with Crippen LogP contribution < -0.4 is 10.1 Å². The van der Waals surface area contributed by atoms with E-state index in [-0.39, 0.29) is 36.0 Å². The number of aryl methyl sites for hydroxylation is 2. The van der Waals surface area contributed by atoms with Crippen molar-refractivity contribution in [1.29, 1.82) is 0 Å². The minimum absolute atomic E-state index is 0.00105. The largest absolute Gasteiger partial charge is 0.483 e. The molecule has 8 nitrogen and oxygen atoms in total. The van der Waals surface area contributed by atoms with Gasteiger partial charge in [0.25, 0.3) is 17.7 Å². The molecule has 30 heavy (non-hydrogen) atoms. The summed E-state index contributed by atoms with van der Waals surface area (Å²) in [6.45, 7) is 3.73. The fraction of sp³-hybridized carbons (Fsp3) is 0.190. The maximum absolute atomic E-state index is 12.4. The molecule has 152 valence electrons. The first-order valence-corrected chi connectivity index (χ1v) is 10.0. The molecule has 1 aliphatic rings. The molecule has 0 unspecified atom stereocenters. The summed E-state index contributed by atoms with van der Waals surface area (Å²) in [5, 5.41) is 11.2. The minimum Gasteiger partial charge on any atom is -0.483 e. The number of hydrogen-bond acceptors (Lipinski definition) is 7. The number of amides is 3. The van der Waals surface area contributed by atoms with Crippen LogP contribution in [0.15, 0.2) is 42.5 Å². The van der Waals surface area contributed by atoms with E-state index in [1.165, 1.54) is 0 Å². The van der Waals surface area contributed by atoms with Crippen LogP contribution in [-0.4, -0.2) is 39.4 Å². The van der Waals surface area contributed by atoms with Gasteiger partial charge in [0.15, 0.2) is 6.61 Å². The SMILES string of the molecule is Cc1ccc(OCC(=O)Nc2nnc(CN3C(=O)c4ccccc4C3=O)s2)c(C)c1. The molecule has 4 rings (SSSR count). The van der Waals surface area contributed by atoms with Crippen LogP contribution in [0.3, 0.4) is 0 Å². The van der Waals surface area contributed by atoms with E-state index in [0.717, 1.165) is 27.4 Å². The smallest absolute Gasteiger partial charge is 0.264 e. The van der Waals surface area contributed by atoms with Crippen molar-refractivity contribution < 1.29 is 19.1 Å². The maximum Gasteiger partial charge on any atom is 0.264 e. The molecule has 0 spiro atoms. The molecule has 3 amide bonds. The summed E-state index contributed by atoms with van der Waals surface area (Å²) in [6, 6.07) is 12.4. The van der Waals surface area contributed by atoms with Crippen molar-refractivity contribution in [3.05, 3.63) is 69.7 Å². The molecule has 1 aromatic heterocycles. The molecule has 1 aliphatic heterocycles. The van der Waals surface area contributed by atoms with Crippen LogP contribution in [-0.2, 0) is 11.3 Å². The average molecular weight is 422 g/mol. The van der Waals surface area contributed by atoms with Gasteiger partial charge in [-0.3, -0.25) is 24.6 Å². The average Bonchev–Trinajstić information content (AvgIpc) is 3.26. The zero-order valence-electron chi connectivity index (χ0n) is 16.3. The topological polar surface area (TPSA) is 101 Å². The van der Waals surface area contributed by atoms with E-state index in [4.69, 9.17) is 4.74 Å². The predicted molar refractivity (Wildman–Crippen MR) is 111 cm³/mol. The van der Waals surface area contributed by atoms with E-state index in [1.54, 1.807) is 24.3 Å². The number of fused-ring (bicyclic) bond motifs is 1. The molecule has 0 atom stereocenters. The normalized spacial score (nSPS) is 12.8. The maximum atomic E-state index is 12.4. The number of carbonyl (C=O) groups excluding carboxylic acids is 3. The third kappa shape index (κ3) is 3.92. The highest BCUT2D eigenvalue weighted by Gasteiger charge is 2.35. The van der Waals surface area contributed by atoms with Crippen LogP contribution >= 0.6 is 11.3 Å². The van der Waals surface area contributed by atoms with Crippen molar-refractivity contribution in [1.82, 2.24) is 15.1 Å². The lowest BCUT2D eigenvalue weighted by Gasteiger charge is -2.10. The van der Waals surface area contributed by atoms with E-state index >= 15 is 0 Å². The van der Waals surface area contributed by atoms with Gasteiger partial charge in [-0.15, -0.1) is 10.2 Å². The Morgan fingerprint density at radius 2 is 1.77 bits per heavy atom. The number of anilines is 1. The van der Waals surface area contributed by atoms with Gasteiger partial charge in [-0.1, -0.05) is 41.2 Å². The first-order chi connectivity index (χ1) is 14.4. The van der Waals surface area contributed by atoms with Gasteiger partial charge < -0.3 is 4.74 Å². The van der Waals surface area contributed by atoms with Gasteiger partial charge in [0.2, 0.25) is 5.13 Å². The number of aromatic nitrogens is 2. The summed E-state index contributed by atoms with van der Waals surface area (Å²) in [7, 11) is 0. The van der Waals surface area contributed by atoms with Crippen molar-refractivity contribution in [3.8, 4) is 5.75 Å². The van der Waals surface area contributed by atoms with Gasteiger partial charge in [-0.2, -0.15) is 0 Å². The van der Waals surface area contributed by atoms with Crippen LogP contribution in [0.25, 0.3) is 0 Å². The summed E-state index contributed by atoms with van der Waals surface area (Å²) >= 11 is 1.10. The lowest BCUT2D eigenvalue weighted by molar-refractivity contribution is -0.118. The Kier molecular flexibility index (Phi) is 5.28. The van der Waals surface area contributed by atoms with Gasteiger partial charge in [-0.25, -0.2) is 0 Å². The Labute approximate surface area is 176 Å². The van der Waals surface area contributed by atoms with Gasteiger partial charge >= 0.3 is 0 Å². The number of benzene rings is 2. The minimum atomic E-state index is -0.376. The Morgan fingerprint density at radius 1 is 1.07 bits per heavy atom. The third-order valence-corrected chi connectivity index (χ3v) is 5.40. The molecule has 0 bridgehead atoms. The molecular weight excluding hydrogens is 404 g/mol. The van der Waals surface area contributed by atoms with Crippen molar-refractivity contribution in [2.45, 2.75) is 20.4 Å². The number of nitrogens with one attached hydrogen (secondary N) is 1. The molecule has 0 radical (unpaired) electrons. The monoisotopic (exact) mass is 422 g/mol. The Morgan fingerprint density at radius 3 is 2.43 bits per heavy atom. The molecular formula is C21H18N4O4S. The molecule has 9 heteroatoms. The highest BCUT2D eigenvalue weighted by atomic mass is 32.1. The van der Waals surface area contributed by atoms with Crippen LogP contribution in [0.2, 0.25) is 0 Å². The summed E-state index contributed by atoms with van der Waals surface area (Å²) in [5.41, 5.74) is 2.82. The molecule has 1 N–H and O–H groups in total. The van der Waals surface area contributed by atoms with Crippen LogP contribution in [0.5, 0.6) is 5.75 Å². The fourth-order valence-corrected chi connectivity index (χ4v) is 3.89. The Balaban J connectivity index is 1.35. The number of rotatable bonds is 6. The number of ether oxygens (including phenoxy) is 1. The third-order valence-electron chi connectivity index (χ3n) is 4.57. The van der Waals surface area contributed by atoms with Crippen LogP contribution in [0, 0.1) is 13.8 Å². The molecule has 3 aromatic rings. The highest BCUT2D eigenvalue weighted by molar-refractivity contribution is 7.15. The lowest BCUT2D eigenvalue weighted by atomic mass is 10.1. The van der Waals surface area contributed by atoms with Crippen molar-refractivity contribution >= 4 is 34.2 Å². The number of carbonyl (C=O) groups is 3. The fourth-order valence-electron chi connectivity index (χ4n) is 3.15. The van der Waals surface area contributed by atoms with E-state index in [2.05, 4.69) is 15.5 Å². The summed E-state index contributed by atoms with van der Waals surface area (Å²) in [6.07, 6.45) is 0. The highest BCUT2D eigenvalue weighted by Crippen LogP contribution is 2.26. The molecule has 0 aliphatic carbocycles.